The van der Waals surface area contributed by atoms with Gasteiger partial charge in [0.1, 0.15) is 0 Å². The van der Waals surface area contributed by atoms with Gasteiger partial charge < -0.3 is 10.5 Å². The molecule has 6 nitrogen and oxygen atoms in total. The van der Waals surface area contributed by atoms with Crippen molar-refractivity contribution < 1.29 is 9.66 Å². The summed E-state index contributed by atoms with van der Waals surface area (Å²) < 4.78 is 4.95. The van der Waals surface area contributed by atoms with Crippen LogP contribution in [0.1, 0.15) is 0 Å². The lowest BCUT2D eigenvalue weighted by atomic mass is 10.2. The van der Waals surface area contributed by atoms with Crippen LogP contribution in [0.25, 0.3) is 10.9 Å². The second kappa shape index (κ2) is 3.65. The van der Waals surface area contributed by atoms with Gasteiger partial charge in [-0.3, -0.25) is 10.1 Å². The molecule has 0 unspecified atom stereocenters. The first-order chi connectivity index (χ1) is 7.61. The quantitative estimate of drug-likeness (QED) is 0.613. The zero-order valence-corrected chi connectivity index (χ0v) is 8.51. The summed E-state index contributed by atoms with van der Waals surface area (Å²) in [5, 5.41) is 11.3. The minimum Gasteiger partial charge on any atom is -0.480 e. The molecule has 0 spiro atoms. The van der Waals surface area contributed by atoms with Gasteiger partial charge in [0.15, 0.2) is 0 Å². The highest BCUT2D eigenvalue weighted by Crippen LogP contribution is 2.26. The van der Waals surface area contributed by atoms with Crippen LogP contribution in [-0.2, 0) is 0 Å². The number of benzene rings is 1. The number of hydrogen-bond acceptors (Lipinski definition) is 5. The molecule has 1 aromatic heterocycles. The van der Waals surface area contributed by atoms with Crippen LogP contribution in [0.3, 0.4) is 0 Å². The normalized spacial score (nSPS) is 10.3. The maximum Gasteiger partial charge on any atom is 0.271 e. The monoisotopic (exact) mass is 219 g/mol. The van der Waals surface area contributed by atoms with Crippen LogP contribution in [0.5, 0.6) is 5.88 Å². The molecule has 2 rings (SSSR count). The smallest absolute Gasteiger partial charge is 0.271 e. The Labute approximate surface area is 90.8 Å². The van der Waals surface area contributed by atoms with E-state index in [-0.39, 0.29) is 11.6 Å². The molecule has 6 heteroatoms. The lowest BCUT2D eigenvalue weighted by molar-refractivity contribution is -0.384. The van der Waals surface area contributed by atoms with Crippen molar-refractivity contribution in [2.75, 3.05) is 12.8 Å². The van der Waals surface area contributed by atoms with Crippen LogP contribution < -0.4 is 10.5 Å². The SMILES string of the molecule is COc1nc2cc([N+](=O)[O-])ccc2cc1N. The van der Waals surface area contributed by atoms with Gasteiger partial charge in [-0.15, -0.1) is 0 Å². The van der Waals surface area contributed by atoms with Crippen molar-refractivity contribution in [3.05, 3.63) is 34.4 Å². The Hall–Kier alpha value is -2.37. The van der Waals surface area contributed by atoms with Gasteiger partial charge in [-0.25, -0.2) is 4.98 Å². The van der Waals surface area contributed by atoms with Crippen LogP contribution in [-0.4, -0.2) is 17.0 Å². The Balaban J connectivity index is 2.68. The van der Waals surface area contributed by atoms with Gasteiger partial charge in [-0.2, -0.15) is 0 Å². The average molecular weight is 219 g/mol. The Bertz CT molecular complexity index is 568. The number of aromatic nitrogens is 1. The van der Waals surface area contributed by atoms with E-state index in [1.807, 2.05) is 0 Å². The van der Waals surface area contributed by atoms with Crippen molar-refractivity contribution in [3.63, 3.8) is 0 Å². The predicted octanol–water partition coefficient (Wildman–Crippen LogP) is 1.73. The van der Waals surface area contributed by atoms with E-state index in [4.69, 9.17) is 10.5 Å². The van der Waals surface area contributed by atoms with Crippen LogP contribution in [0.15, 0.2) is 24.3 Å². The van der Waals surface area contributed by atoms with Gasteiger partial charge in [0.05, 0.1) is 23.2 Å². The molecule has 0 fully saturated rings. The summed E-state index contributed by atoms with van der Waals surface area (Å²) in [4.78, 5) is 14.2. The van der Waals surface area contributed by atoms with E-state index in [1.54, 1.807) is 12.1 Å². The summed E-state index contributed by atoms with van der Waals surface area (Å²) in [5.74, 6) is 0.271. The fourth-order valence-corrected chi connectivity index (χ4v) is 1.43. The summed E-state index contributed by atoms with van der Waals surface area (Å²) >= 11 is 0. The number of fused-ring (bicyclic) bond motifs is 1. The summed E-state index contributed by atoms with van der Waals surface area (Å²) in [6.45, 7) is 0. The van der Waals surface area contributed by atoms with E-state index in [1.165, 1.54) is 19.2 Å². The molecular formula is C10H9N3O3. The number of nitrogens with two attached hydrogens (primary N) is 1. The van der Waals surface area contributed by atoms with E-state index >= 15 is 0 Å². The number of nitro groups is 1. The Morgan fingerprint density at radius 3 is 2.81 bits per heavy atom. The largest absolute Gasteiger partial charge is 0.480 e. The molecule has 0 aliphatic rings. The zero-order chi connectivity index (χ0) is 11.7. The molecule has 2 N–H and O–H groups in total. The summed E-state index contributed by atoms with van der Waals surface area (Å²) in [6.07, 6.45) is 0. The maximum atomic E-state index is 10.6. The van der Waals surface area contributed by atoms with Crippen LogP contribution in [0, 0.1) is 10.1 Å². The first-order valence-electron chi connectivity index (χ1n) is 4.50. The van der Waals surface area contributed by atoms with Gasteiger partial charge in [-0.05, 0) is 12.1 Å². The minimum atomic E-state index is -0.468. The number of rotatable bonds is 2. The van der Waals surface area contributed by atoms with Gasteiger partial charge in [-0.1, -0.05) is 0 Å². The molecule has 0 bridgehead atoms. The molecule has 1 heterocycles. The molecule has 0 saturated carbocycles. The van der Waals surface area contributed by atoms with Crippen molar-refractivity contribution >= 4 is 22.3 Å². The summed E-state index contributed by atoms with van der Waals surface area (Å²) in [7, 11) is 1.45. The van der Waals surface area contributed by atoms with Crippen molar-refractivity contribution in [1.29, 1.82) is 0 Å². The van der Waals surface area contributed by atoms with E-state index in [0.717, 1.165) is 5.39 Å². The van der Waals surface area contributed by atoms with Crippen molar-refractivity contribution in [2.24, 2.45) is 0 Å². The Kier molecular flexibility index (Phi) is 2.32. The third-order valence-electron chi connectivity index (χ3n) is 2.20. The van der Waals surface area contributed by atoms with E-state index in [9.17, 15) is 10.1 Å². The first-order valence-corrected chi connectivity index (χ1v) is 4.50. The lowest BCUT2D eigenvalue weighted by Gasteiger charge is -2.04. The summed E-state index contributed by atoms with van der Waals surface area (Å²) in [6, 6.07) is 6.08. The molecule has 0 aliphatic carbocycles. The Morgan fingerprint density at radius 1 is 1.44 bits per heavy atom. The van der Waals surface area contributed by atoms with Crippen molar-refractivity contribution in [2.45, 2.75) is 0 Å². The molecule has 0 amide bonds. The van der Waals surface area contributed by atoms with Gasteiger partial charge >= 0.3 is 0 Å². The molecular weight excluding hydrogens is 210 g/mol. The number of hydrogen-bond donors (Lipinski definition) is 1. The average Bonchev–Trinajstić information content (AvgIpc) is 2.27. The molecule has 1 aromatic carbocycles. The molecule has 82 valence electrons. The van der Waals surface area contributed by atoms with E-state index in [0.29, 0.717) is 11.2 Å². The number of anilines is 1. The first kappa shape index (κ1) is 10.2. The second-order valence-corrected chi connectivity index (χ2v) is 3.22. The highest BCUT2D eigenvalue weighted by molar-refractivity contribution is 5.85. The molecule has 16 heavy (non-hydrogen) atoms. The number of nitrogens with zero attached hydrogens (tertiary/aromatic N) is 2. The number of ether oxygens (including phenoxy) is 1. The van der Waals surface area contributed by atoms with E-state index in [2.05, 4.69) is 4.98 Å². The van der Waals surface area contributed by atoms with E-state index < -0.39 is 4.92 Å². The number of non-ortho nitro benzene ring substituents is 1. The number of methoxy groups -OCH3 is 1. The fourth-order valence-electron chi connectivity index (χ4n) is 1.43. The minimum absolute atomic E-state index is 0.00757. The standard InChI is InChI=1S/C10H9N3O3/c1-16-10-8(11)4-6-2-3-7(13(14)15)5-9(6)12-10/h2-5H,11H2,1H3. The van der Waals surface area contributed by atoms with Crippen LogP contribution in [0.2, 0.25) is 0 Å². The van der Waals surface area contributed by atoms with Crippen LogP contribution in [0.4, 0.5) is 11.4 Å². The fraction of sp³-hybridized carbons (Fsp3) is 0.100. The maximum absolute atomic E-state index is 10.6. The Morgan fingerprint density at radius 2 is 2.19 bits per heavy atom. The van der Waals surface area contributed by atoms with Gasteiger partial charge in [0.2, 0.25) is 5.88 Å². The lowest BCUT2D eigenvalue weighted by Crippen LogP contribution is -1.96. The second-order valence-electron chi connectivity index (χ2n) is 3.22. The van der Waals surface area contributed by atoms with Crippen molar-refractivity contribution in [3.8, 4) is 5.88 Å². The van der Waals surface area contributed by atoms with Gasteiger partial charge in [0, 0.05) is 17.5 Å². The molecule has 0 saturated heterocycles. The summed E-state index contributed by atoms with van der Waals surface area (Å²) in [5.41, 5.74) is 6.56. The van der Waals surface area contributed by atoms with Gasteiger partial charge in [0.25, 0.3) is 5.69 Å². The third kappa shape index (κ3) is 1.60. The number of nitrogen functional groups attached to an aromatic ring is 1. The third-order valence-corrected chi connectivity index (χ3v) is 2.20. The number of pyridine rings is 1. The predicted molar refractivity (Wildman–Crippen MR) is 59.4 cm³/mol. The van der Waals surface area contributed by atoms with Crippen LogP contribution >= 0.6 is 0 Å². The molecule has 0 radical (unpaired) electrons. The highest BCUT2D eigenvalue weighted by Gasteiger charge is 2.09. The topological polar surface area (TPSA) is 91.3 Å². The molecule has 2 aromatic rings. The van der Waals surface area contributed by atoms with Crippen molar-refractivity contribution in [1.82, 2.24) is 4.98 Å². The zero-order valence-electron chi connectivity index (χ0n) is 8.51. The molecule has 0 atom stereocenters. The molecule has 0 aliphatic heterocycles. The highest BCUT2D eigenvalue weighted by atomic mass is 16.6. The number of nitro benzene ring substituents is 1.